The Morgan fingerprint density at radius 2 is 1.92 bits per heavy atom. The third-order valence-electron chi connectivity index (χ3n) is 2.18. The largest absolute Gasteiger partial charge is 0.256 e. The minimum Gasteiger partial charge on any atom is -0.256 e. The molecule has 56 valence electrons. The van der Waals surface area contributed by atoms with Crippen LogP contribution in [0.2, 0.25) is 0 Å². The van der Waals surface area contributed by atoms with Gasteiger partial charge in [0, 0.05) is 17.1 Å². The molecule has 1 heterocycles. The Kier molecular flexibility index (Phi) is 0.826. The number of nitrogens with zero attached hydrogens (tertiary/aromatic N) is 1. The predicted molar refractivity (Wildman–Crippen MR) is 51.2 cm³/mol. The summed E-state index contributed by atoms with van der Waals surface area (Å²) in [6, 6.07) is 11.9. The molecule has 0 saturated carbocycles. The summed E-state index contributed by atoms with van der Waals surface area (Å²) in [5, 5.41) is 2.29. The molecule has 0 bridgehead atoms. The van der Waals surface area contributed by atoms with E-state index in [4.69, 9.17) is 1.37 Å². The summed E-state index contributed by atoms with van der Waals surface area (Å²) in [6.45, 7) is 0. The molecule has 1 nitrogen and oxygen atoms in total. The minimum atomic E-state index is 0.381. The maximum absolute atomic E-state index is 7.65. The van der Waals surface area contributed by atoms with E-state index in [1.54, 1.807) is 0 Å². The van der Waals surface area contributed by atoms with Crippen LogP contribution in [0.5, 0.6) is 0 Å². The molecule has 0 aliphatic carbocycles. The fourth-order valence-electron chi connectivity index (χ4n) is 1.63. The first-order chi connectivity index (χ1) is 6.36. The Hall–Kier alpha value is -1.63. The minimum absolute atomic E-state index is 0.381. The van der Waals surface area contributed by atoms with Gasteiger partial charge in [0.1, 0.15) is 0 Å². The van der Waals surface area contributed by atoms with Crippen molar-refractivity contribution < 1.29 is 1.37 Å². The second kappa shape index (κ2) is 1.95. The molecule has 0 atom stereocenters. The van der Waals surface area contributed by atoms with Crippen LogP contribution in [0.25, 0.3) is 10.8 Å². The first-order valence-electron chi connectivity index (χ1n) is 4.44. The van der Waals surface area contributed by atoms with Gasteiger partial charge in [0.2, 0.25) is 0 Å². The normalized spacial score (nSPS) is 14.7. The highest BCUT2D eigenvalue weighted by Gasteiger charge is 2.07. The van der Waals surface area contributed by atoms with Crippen molar-refractivity contribution in [1.82, 2.24) is 0 Å². The third-order valence-corrected chi connectivity index (χ3v) is 2.18. The van der Waals surface area contributed by atoms with Crippen LogP contribution in [0.3, 0.4) is 0 Å². The van der Waals surface area contributed by atoms with Crippen LogP contribution in [-0.4, -0.2) is 6.19 Å². The van der Waals surface area contributed by atoms with E-state index in [9.17, 15) is 0 Å². The van der Waals surface area contributed by atoms with E-state index < -0.39 is 0 Å². The molecule has 0 saturated heterocycles. The number of hydrogen-bond acceptors (Lipinski definition) is 1. The van der Waals surface area contributed by atoms with Crippen molar-refractivity contribution in [2.75, 3.05) is 0 Å². The van der Waals surface area contributed by atoms with Crippen molar-refractivity contribution in [1.29, 1.82) is 0 Å². The fourth-order valence-corrected chi connectivity index (χ4v) is 1.63. The topological polar surface area (TPSA) is 12.4 Å². The van der Waals surface area contributed by atoms with Crippen molar-refractivity contribution in [2.45, 2.75) is 0 Å². The van der Waals surface area contributed by atoms with Gasteiger partial charge < -0.3 is 0 Å². The number of hydrogen-bond donors (Lipinski definition) is 0. The first-order valence-corrected chi connectivity index (χ1v) is 3.94. The van der Waals surface area contributed by atoms with Gasteiger partial charge in [-0.25, -0.2) is 0 Å². The molecule has 0 fully saturated rings. The van der Waals surface area contributed by atoms with Gasteiger partial charge >= 0.3 is 0 Å². The Balaban J connectivity index is 2.59. The summed E-state index contributed by atoms with van der Waals surface area (Å²) in [5.74, 6) is 0. The second-order valence-corrected chi connectivity index (χ2v) is 2.90. The van der Waals surface area contributed by atoms with Gasteiger partial charge in [-0.05, 0) is 11.5 Å². The highest BCUT2D eigenvalue weighted by atomic mass is 14.7. The van der Waals surface area contributed by atoms with Crippen molar-refractivity contribution >= 4 is 22.7 Å². The van der Waals surface area contributed by atoms with Crippen LogP contribution in [-0.2, 0) is 0 Å². The maximum atomic E-state index is 7.65. The summed E-state index contributed by atoms with van der Waals surface area (Å²) in [4.78, 5) is 4.18. The molecular formula is C11H7N. The van der Waals surface area contributed by atoms with Gasteiger partial charge in [0.25, 0.3) is 0 Å². The van der Waals surface area contributed by atoms with Gasteiger partial charge in [-0.1, -0.05) is 30.3 Å². The molecule has 2 aromatic carbocycles. The Morgan fingerprint density at radius 1 is 1.08 bits per heavy atom. The number of benzene rings is 2. The molecule has 1 aliphatic rings. The monoisotopic (exact) mass is 154 g/mol. The smallest absolute Gasteiger partial charge is 0.0847 e. The van der Waals surface area contributed by atoms with E-state index in [-0.39, 0.29) is 0 Å². The molecule has 0 N–H and O–H groups in total. The second-order valence-electron chi connectivity index (χ2n) is 2.90. The highest BCUT2D eigenvalue weighted by molar-refractivity contribution is 6.10. The molecule has 0 aromatic heterocycles. The lowest BCUT2D eigenvalue weighted by Crippen LogP contribution is -1.76. The van der Waals surface area contributed by atoms with E-state index in [0.717, 1.165) is 16.6 Å². The standard InChI is InChI=1S/C11H7N/c1-3-8-4-2-6-10-11(8)9(5-1)7-12-10/h1-7H/i7D. The van der Waals surface area contributed by atoms with Gasteiger partial charge in [0.05, 0.1) is 7.06 Å². The van der Waals surface area contributed by atoms with E-state index >= 15 is 0 Å². The molecule has 1 aliphatic heterocycles. The third kappa shape index (κ3) is 0.607. The summed E-state index contributed by atoms with van der Waals surface area (Å²) in [6.07, 6.45) is 0.381. The molecule has 12 heavy (non-hydrogen) atoms. The molecule has 0 amide bonds. The van der Waals surface area contributed by atoms with Crippen LogP contribution in [0.1, 0.15) is 6.93 Å². The lowest BCUT2D eigenvalue weighted by Gasteiger charge is -1.97. The lowest BCUT2D eigenvalue weighted by atomic mass is 10.1. The van der Waals surface area contributed by atoms with Crippen molar-refractivity contribution in [3.63, 3.8) is 0 Å². The summed E-state index contributed by atoms with van der Waals surface area (Å²) in [7, 11) is 0. The average molecular weight is 154 g/mol. The summed E-state index contributed by atoms with van der Waals surface area (Å²) in [5.41, 5.74) is 1.88. The molecule has 3 rings (SSSR count). The van der Waals surface area contributed by atoms with Crippen LogP contribution in [0, 0.1) is 0 Å². The molecular weight excluding hydrogens is 146 g/mol. The van der Waals surface area contributed by atoms with E-state index in [0.29, 0.717) is 6.19 Å². The van der Waals surface area contributed by atoms with Crippen molar-refractivity contribution in [3.05, 3.63) is 42.0 Å². The highest BCUT2D eigenvalue weighted by Crippen LogP contribution is 2.32. The predicted octanol–water partition coefficient (Wildman–Crippen LogP) is 2.90. The van der Waals surface area contributed by atoms with Crippen LogP contribution < -0.4 is 0 Å². The summed E-state index contributed by atoms with van der Waals surface area (Å²) < 4.78 is 7.65. The van der Waals surface area contributed by atoms with Gasteiger partial charge in [0.15, 0.2) is 0 Å². The molecule has 0 radical (unpaired) electrons. The zero-order valence-electron chi connectivity index (χ0n) is 7.41. The summed E-state index contributed by atoms with van der Waals surface area (Å²) >= 11 is 0. The Morgan fingerprint density at radius 3 is 2.83 bits per heavy atom. The number of rotatable bonds is 0. The Bertz CT molecular complexity index is 523. The first kappa shape index (κ1) is 5.09. The molecule has 0 spiro atoms. The maximum Gasteiger partial charge on any atom is 0.0847 e. The van der Waals surface area contributed by atoms with E-state index in [1.165, 1.54) is 5.39 Å². The van der Waals surface area contributed by atoms with Crippen LogP contribution in [0.15, 0.2) is 41.4 Å². The molecule has 0 unspecified atom stereocenters. The van der Waals surface area contributed by atoms with Crippen LogP contribution >= 0.6 is 0 Å². The quantitative estimate of drug-likeness (QED) is 0.553. The van der Waals surface area contributed by atoms with Gasteiger partial charge in [-0.2, -0.15) is 0 Å². The Labute approximate surface area is 71.8 Å². The van der Waals surface area contributed by atoms with Crippen molar-refractivity contribution in [3.8, 4) is 0 Å². The SMILES string of the molecule is [2H]C1=Nc2cccc3cccc1c23. The average Bonchev–Trinajstić information content (AvgIpc) is 2.47. The van der Waals surface area contributed by atoms with Gasteiger partial charge in [-0.3, -0.25) is 4.99 Å². The van der Waals surface area contributed by atoms with E-state index in [1.807, 2.05) is 24.3 Å². The zero-order chi connectivity index (χ0) is 8.84. The van der Waals surface area contributed by atoms with Gasteiger partial charge in [-0.15, -0.1) is 0 Å². The van der Waals surface area contributed by atoms with Crippen molar-refractivity contribution in [2.24, 2.45) is 4.99 Å². The lowest BCUT2D eigenvalue weighted by molar-refractivity contribution is 1.63. The molecule has 2 aromatic rings. The fraction of sp³-hybridized carbons (Fsp3) is 0. The number of aliphatic imine (C=N–C) groups is 1. The van der Waals surface area contributed by atoms with Crippen LogP contribution in [0.4, 0.5) is 5.69 Å². The van der Waals surface area contributed by atoms with E-state index in [2.05, 4.69) is 17.1 Å². The zero-order valence-corrected chi connectivity index (χ0v) is 6.41. The molecule has 1 heteroatoms.